The SMILES string of the molecule is Cc1cc(C)cc(CN2C[C@@H](SC3=C(C(=O)O)N4C(=O)[C@H]([C@@H](C)O)[C@H]4[C@H]3C)C[C@H]2C(=O)Nc2cccc(C(=O)O)c2)c1. The van der Waals surface area contributed by atoms with E-state index in [1.807, 2.05) is 20.8 Å². The van der Waals surface area contributed by atoms with E-state index in [4.69, 9.17) is 0 Å². The van der Waals surface area contributed by atoms with Gasteiger partial charge in [-0.1, -0.05) is 42.3 Å². The molecule has 3 heterocycles. The van der Waals surface area contributed by atoms with Crippen molar-refractivity contribution < 1.29 is 34.5 Å². The molecule has 222 valence electrons. The maximum atomic E-state index is 13.6. The normalized spacial score (nSPS) is 26.2. The van der Waals surface area contributed by atoms with Crippen LogP contribution in [0.25, 0.3) is 0 Å². The number of nitrogens with zero attached hydrogens (tertiary/aromatic N) is 2. The van der Waals surface area contributed by atoms with Crippen LogP contribution in [0.1, 0.15) is 47.3 Å². The Hall–Kier alpha value is -3.67. The van der Waals surface area contributed by atoms with Gasteiger partial charge in [-0.05, 0) is 51.0 Å². The van der Waals surface area contributed by atoms with Crippen LogP contribution in [-0.2, 0) is 20.9 Å². The Kier molecular flexibility index (Phi) is 8.19. The summed E-state index contributed by atoms with van der Waals surface area (Å²) in [6, 6.07) is 11.4. The fourth-order valence-corrected chi connectivity index (χ4v) is 8.16. The van der Waals surface area contributed by atoms with Gasteiger partial charge in [-0.3, -0.25) is 14.5 Å². The highest BCUT2D eigenvalue weighted by Gasteiger charge is 2.60. The molecule has 3 aliphatic heterocycles. The Balaban J connectivity index is 1.41. The van der Waals surface area contributed by atoms with Gasteiger partial charge in [0.05, 0.1) is 29.7 Å². The Morgan fingerprint density at radius 2 is 1.76 bits per heavy atom. The number of amides is 2. The van der Waals surface area contributed by atoms with Crippen molar-refractivity contribution in [1.82, 2.24) is 9.80 Å². The van der Waals surface area contributed by atoms with Gasteiger partial charge >= 0.3 is 11.9 Å². The highest BCUT2D eigenvalue weighted by Crippen LogP contribution is 2.52. The number of aliphatic hydroxyl groups is 1. The fraction of sp³-hybridized carbons (Fsp3) is 0.419. The molecular formula is C31H35N3O7S. The van der Waals surface area contributed by atoms with Crippen LogP contribution in [0.15, 0.2) is 53.1 Å². The van der Waals surface area contributed by atoms with Crippen LogP contribution in [0.3, 0.4) is 0 Å². The van der Waals surface area contributed by atoms with Gasteiger partial charge in [-0.2, -0.15) is 0 Å². The molecule has 0 unspecified atom stereocenters. The number of anilines is 1. The fourth-order valence-electron chi connectivity index (χ4n) is 6.60. The third-order valence-corrected chi connectivity index (χ3v) is 9.81. The van der Waals surface area contributed by atoms with Crippen LogP contribution in [0, 0.1) is 25.7 Å². The molecule has 0 aromatic heterocycles. The number of aliphatic carboxylic acids is 1. The molecule has 10 nitrogen and oxygen atoms in total. The average molecular weight is 594 g/mol. The quantitative estimate of drug-likeness (QED) is 0.321. The number of aromatic carboxylic acids is 1. The number of carbonyl (C=O) groups excluding carboxylic acids is 2. The molecule has 6 atom stereocenters. The highest BCUT2D eigenvalue weighted by atomic mass is 32.2. The largest absolute Gasteiger partial charge is 0.478 e. The summed E-state index contributed by atoms with van der Waals surface area (Å²) in [6.07, 6.45) is -0.449. The van der Waals surface area contributed by atoms with Gasteiger partial charge in [0.2, 0.25) is 11.8 Å². The number of nitrogens with one attached hydrogen (secondary N) is 1. The summed E-state index contributed by atoms with van der Waals surface area (Å²) in [5.41, 5.74) is 3.70. The van der Waals surface area contributed by atoms with Gasteiger partial charge < -0.3 is 25.5 Å². The Morgan fingerprint density at radius 3 is 2.38 bits per heavy atom. The minimum absolute atomic E-state index is 0.0290. The van der Waals surface area contributed by atoms with E-state index in [2.05, 4.69) is 28.4 Å². The van der Waals surface area contributed by atoms with Crippen LogP contribution >= 0.6 is 11.8 Å². The van der Waals surface area contributed by atoms with Gasteiger partial charge in [0.1, 0.15) is 5.70 Å². The van der Waals surface area contributed by atoms with Gasteiger partial charge in [0.15, 0.2) is 0 Å². The number of hydrogen-bond donors (Lipinski definition) is 4. The molecule has 11 heteroatoms. The van der Waals surface area contributed by atoms with Crippen LogP contribution in [0.4, 0.5) is 5.69 Å². The molecule has 0 bridgehead atoms. The maximum absolute atomic E-state index is 13.6. The van der Waals surface area contributed by atoms with Gasteiger partial charge in [-0.25, -0.2) is 9.59 Å². The van der Waals surface area contributed by atoms with E-state index >= 15 is 0 Å². The molecule has 0 radical (unpaired) electrons. The highest BCUT2D eigenvalue weighted by molar-refractivity contribution is 8.03. The van der Waals surface area contributed by atoms with E-state index in [0.717, 1.165) is 16.7 Å². The van der Waals surface area contributed by atoms with E-state index in [9.17, 15) is 34.5 Å². The Bertz CT molecular complexity index is 1470. The van der Waals surface area contributed by atoms with E-state index in [-0.39, 0.29) is 34.2 Å². The third kappa shape index (κ3) is 5.56. The number of thioether (sulfide) groups is 1. The molecule has 2 aromatic rings. The molecule has 0 spiro atoms. The lowest BCUT2D eigenvalue weighted by molar-refractivity contribution is -0.163. The van der Waals surface area contributed by atoms with Crippen molar-refractivity contribution in [1.29, 1.82) is 0 Å². The maximum Gasteiger partial charge on any atom is 0.353 e. The number of rotatable bonds is 9. The summed E-state index contributed by atoms with van der Waals surface area (Å²) < 4.78 is 0. The molecule has 2 amide bonds. The van der Waals surface area contributed by atoms with E-state index in [1.165, 1.54) is 28.8 Å². The molecule has 2 aromatic carbocycles. The van der Waals surface area contributed by atoms with Gasteiger partial charge in [0.25, 0.3) is 0 Å². The second-order valence-corrected chi connectivity index (χ2v) is 12.9. The summed E-state index contributed by atoms with van der Waals surface area (Å²) in [7, 11) is 0. The molecule has 4 N–H and O–H groups in total. The van der Waals surface area contributed by atoms with E-state index in [0.29, 0.717) is 30.1 Å². The summed E-state index contributed by atoms with van der Waals surface area (Å²) in [5.74, 6) is -3.82. The van der Waals surface area contributed by atoms with Crippen molar-refractivity contribution in [2.24, 2.45) is 11.8 Å². The zero-order chi connectivity index (χ0) is 30.5. The lowest BCUT2D eigenvalue weighted by Crippen LogP contribution is -2.63. The van der Waals surface area contributed by atoms with Crippen molar-refractivity contribution in [3.8, 4) is 0 Å². The number of β-lactam (4-membered cyclic amide) rings is 1. The minimum atomic E-state index is -1.18. The first-order chi connectivity index (χ1) is 19.8. The van der Waals surface area contributed by atoms with E-state index < -0.39 is 36.0 Å². The first kappa shape index (κ1) is 29.8. The first-order valence-corrected chi connectivity index (χ1v) is 14.8. The number of benzene rings is 2. The van der Waals surface area contributed by atoms with Crippen molar-refractivity contribution in [2.75, 3.05) is 11.9 Å². The van der Waals surface area contributed by atoms with Crippen molar-refractivity contribution in [3.05, 3.63) is 75.3 Å². The van der Waals surface area contributed by atoms with Gasteiger partial charge in [-0.15, -0.1) is 11.8 Å². The summed E-state index contributed by atoms with van der Waals surface area (Å²) in [4.78, 5) is 54.1. The third-order valence-electron chi connectivity index (χ3n) is 8.32. The number of hydrogen-bond acceptors (Lipinski definition) is 7. The Morgan fingerprint density at radius 1 is 1.07 bits per heavy atom. The molecule has 2 saturated heterocycles. The summed E-state index contributed by atoms with van der Waals surface area (Å²) >= 11 is 1.40. The lowest BCUT2D eigenvalue weighted by atomic mass is 9.79. The predicted octanol–water partition coefficient (Wildman–Crippen LogP) is 3.47. The van der Waals surface area contributed by atoms with Crippen LogP contribution in [0.2, 0.25) is 0 Å². The van der Waals surface area contributed by atoms with E-state index in [1.54, 1.807) is 19.1 Å². The lowest BCUT2D eigenvalue weighted by Gasteiger charge is -2.46. The summed E-state index contributed by atoms with van der Waals surface area (Å²) in [6.45, 7) is 8.49. The molecule has 0 aliphatic carbocycles. The molecule has 5 rings (SSSR count). The van der Waals surface area contributed by atoms with Crippen molar-refractivity contribution in [2.45, 2.75) is 64.1 Å². The smallest absolute Gasteiger partial charge is 0.353 e. The van der Waals surface area contributed by atoms with Crippen LogP contribution < -0.4 is 5.32 Å². The summed E-state index contributed by atoms with van der Waals surface area (Å²) in [5, 5.41) is 32.3. The number of fused-ring (bicyclic) bond motifs is 1. The van der Waals surface area contributed by atoms with Crippen LogP contribution in [0.5, 0.6) is 0 Å². The topological polar surface area (TPSA) is 147 Å². The number of aliphatic hydroxyl groups excluding tert-OH is 1. The first-order valence-electron chi connectivity index (χ1n) is 14.0. The standard InChI is InChI=1S/C31H35N3O7S/c1-15-8-16(2)10-19(9-15)13-33-14-22(12-23(33)28(36)32-21-7-5-6-20(11-21)30(38)39)42-27-17(3)25-24(18(4)35)29(37)34(25)26(27)31(40)41/h5-11,17-18,22-25,35H,12-14H2,1-4H3,(H,32,36)(H,38,39)(H,40,41)/t17-,18-,22+,23+,24-,25-/m1/s1. The average Bonchev–Trinajstić information content (AvgIpc) is 3.40. The monoisotopic (exact) mass is 593 g/mol. The van der Waals surface area contributed by atoms with Gasteiger partial charge in [0, 0.05) is 34.8 Å². The molecule has 3 aliphatic rings. The zero-order valence-corrected chi connectivity index (χ0v) is 24.7. The molecule has 2 fully saturated rings. The molecule has 42 heavy (non-hydrogen) atoms. The van der Waals surface area contributed by atoms with Crippen molar-refractivity contribution >= 4 is 41.2 Å². The minimum Gasteiger partial charge on any atom is -0.478 e. The number of carboxylic acid groups (broad SMARTS) is 2. The number of carboxylic acids is 2. The number of carbonyl (C=O) groups is 4. The molecular weight excluding hydrogens is 558 g/mol. The number of likely N-dealkylation sites (tertiary alicyclic amines) is 1. The zero-order valence-electron chi connectivity index (χ0n) is 23.9. The van der Waals surface area contributed by atoms with Crippen molar-refractivity contribution in [3.63, 3.8) is 0 Å². The second kappa shape index (κ2) is 11.5. The second-order valence-electron chi connectivity index (χ2n) is 11.6. The predicted molar refractivity (Wildman–Crippen MR) is 158 cm³/mol. The Labute approximate surface area is 248 Å². The molecule has 0 saturated carbocycles. The van der Waals surface area contributed by atoms with Crippen LogP contribution in [-0.4, -0.2) is 78.9 Å². The number of aryl methyl sites for hydroxylation is 2.